The summed E-state index contributed by atoms with van der Waals surface area (Å²) in [4.78, 5) is 0. The lowest BCUT2D eigenvalue weighted by atomic mass is 10.2. The Balaban J connectivity index is 2.97. The van der Waals surface area contributed by atoms with E-state index in [9.17, 15) is 10.2 Å². The van der Waals surface area contributed by atoms with E-state index in [1.54, 1.807) is 0 Å². The monoisotopic (exact) mass is 171 g/mol. The zero-order valence-corrected chi connectivity index (χ0v) is 7.15. The van der Waals surface area contributed by atoms with Crippen LogP contribution in [0.3, 0.4) is 0 Å². The molecule has 0 aromatic carbocycles. The van der Waals surface area contributed by atoms with Crippen molar-refractivity contribution in [2.24, 2.45) is 5.92 Å². The maximum Gasteiger partial charge on any atom is 0.237 e. The summed E-state index contributed by atoms with van der Waals surface area (Å²) in [6.07, 6.45) is 0. The Morgan fingerprint density at radius 3 is 2.25 bits per heavy atom. The first-order chi connectivity index (χ1) is 5.52. The second-order valence-corrected chi connectivity index (χ2v) is 3.22. The van der Waals surface area contributed by atoms with E-state index in [-0.39, 0.29) is 17.5 Å². The van der Waals surface area contributed by atoms with Crippen molar-refractivity contribution >= 4 is 0 Å². The molecule has 4 heteroatoms. The van der Waals surface area contributed by atoms with Gasteiger partial charge < -0.3 is 15.3 Å². The lowest BCUT2D eigenvalue weighted by molar-refractivity contribution is 0.334. The molecule has 0 saturated carbocycles. The van der Waals surface area contributed by atoms with E-state index >= 15 is 0 Å². The van der Waals surface area contributed by atoms with Gasteiger partial charge >= 0.3 is 0 Å². The molecule has 12 heavy (non-hydrogen) atoms. The Bertz CT molecular complexity index is 278. The lowest BCUT2D eigenvalue weighted by Crippen LogP contribution is -2.02. The fraction of sp³-hybridized carbons (Fsp3) is 0.500. The van der Waals surface area contributed by atoms with Crippen LogP contribution in [0, 0.1) is 5.92 Å². The smallest absolute Gasteiger partial charge is 0.237 e. The molecular weight excluding hydrogens is 158 g/mol. The number of aromatic nitrogens is 1. The highest BCUT2D eigenvalue weighted by atomic mass is 16.3. The van der Waals surface area contributed by atoms with Crippen molar-refractivity contribution < 1.29 is 15.3 Å². The minimum Gasteiger partial charge on any atom is -0.503 e. The maximum atomic E-state index is 9.22. The van der Waals surface area contributed by atoms with Crippen LogP contribution in [0.4, 0.5) is 0 Å². The predicted molar refractivity (Wildman–Crippen MR) is 44.3 cm³/mol. The van der Waals surface area contributed by atoms with Gasteiger partial charge in [-0.1, -0.05) is 13.8 Å². The molecule has 1 aromatic rings. The largest absolute Gasteiger partial charge is 0.503 e. The molecule has 1 rings (SSSR count). The van der Waals surface area contributed by atoms with Crippen molar-refractivity contribution in [2.45, 2.75) is 20.4 Å². The first kappa shape index (κ1) is 8.77. The summed E-state index contributed by atoms with van der Waals surface area (Å²) < 4.78 is 1.26. The fourth-order valence-electron chi connectivity index (χ4n) is 1.06. The van der Waals surface area contributed by atoms with Gasteiger partial charge in [0.2, 0.25) is 5.88 Å². The highest BCUT2D eigenvalue weighted by Gasteiger charge is 2.13. The summed E-state index contributed by atoms with van der Waals surface area (Å²) >= 11 is 0. The Hall–Kier alpha value is -1.32. The summed E-state index contributed by atoms with van der Waals surface area (Å²) in [6, 6.07) is 1.12. The number of rotatable bonds is 2. The molecule has 0 amide bonds. The molecule has 4 nitrogen and oxygen atoms in total. The van der Waals surface area contributed by atoms with Gasteiger partial charge in [0.1, 0.15) is 0 Å². The van der Waals surface area contributed by atoms with Gasteiger partial charge in [0.15, 0.2) is 11.6 Å². The maximum absolute atomic E-state index is 9.22. The first-order valence-corrected chi connectivity index (χ1v) is 3.82. The molecule has 0 unspecified atom stereocenters. The Morgan fingerprint density at radius 2 is 1.92 bits per heavy atom. The summed E-state index contributed by atoms with van der Waals surface area (Å²) in [5, 5.41) is 27.4. The number of hydrogen-bond acceptors (Lipinski definition) is 3. The van der Waals surface area contributed by atoms with Gasteiger partial charge in [-0.15, -0.1) is 0 Å². The minimum atomic E-state index is -0.284. The summed E-state index contributed by atoms with van der Waals surface area (Å²) in [7, 11) is 0. The molecule has 0 fully saturated rings. The van der Waals surface area contributed by atoms with Crippen LogP contribution < -0.4 is 0 Å². The van der Waals surface area contributed by atoms with Crippen LogP contribution in [-0.2, 0) is 6.54 Å². The van der Waals surface area contributed by atoms with Gasteiger partial charge in [0, 0.05) is 12.6 Å². The van der Waals surface area contributed by atoms with E-state index in [2.05, 4.69) is 0 Å². The van der Waals surface area contributed by atoms with E-state index in [4.69, 9.17) is 5.11 Å². The molecule has 1 heterocycles. The standard InChI is InChI=1S/C8H13NO3/c1-5(2)4-9-7(11)3-6(10)8(9)12/h3,5,10-12H,4H2,1-2H3. The van der Waals surface area contributed by atoms with Crippen LogP contribution in [0.1, 0.15) is 13.8 Å². The molecule has 0 atom stereocenters. The van der Waals surface area contributed by atoms with Crippen molar-refractivity contribution in [3.05, 3.63) is 6.07 Å². The van der Waals surface area contributed by atoms with Crippen molar-refractivity contribution in [3.8, 4) is 17.5 Å². The minimum absolute atomic E-state index is 0.112. The van der Waals surface area contributed by atoms with Crippen molar-refractivity contribution in [1.29, 1.82) is 0 Å². The number of aromatic hydroxyl groups is 3. The van der Waals surface area contributed by atoms with Crippen molar-refractivity contribution in [2.75, 3.05) is 0 Å². The third kappa shape index (κ3) is 1.47. The normalized spacial score (nSPS) is 10.9. The second-order valence-electron chi connectivity index (χ2n) is 3.22. The van der Waals surface area contributed by atoms with Crippen LogP contribution in [0.25, 0.3) is 0 Å². The van der Waals surface area contributed by atoms with E-state index in [0.29, 0.717) is 12.5 Å². The summed E-state index contributed by atoms with van der Waals surface area (Å²) in [5.41, 5.74) is 0. The zero-order chi connectivity index (χ0) is 9.30. The fourth-order valence-corrected chi connectivity index (χ4v) is 1.06. The van der Waals surface area contributed by atoms with Gasteiger partial charge in [0.25, 0.3) is 0 Å². The Kier molecular flexibility index (Phi) is 2.17. The van der Waals surface area contributed by atoms with Gasteiger partial charge in [0.05, 0.1) is 0 Å². The Labute approximate surface area is 70.7 Å². The zero-order valence-electron chi connectivity index (χ0n) is 7.15. The van der Waals surface area contributed by atoms with Crippen LogP contribution in [0.2, 0.25) is 0 Å². The molecule has 0 spiro atoms. The highest BCUT2D eigenvalue weighted by Crippen LogP contribution is 2.33. The van der Waals surface area contributed by atoms with Gasteiger partial charge in [-0.05, 0) is 5.92 Å². The SMILES string of the molecule is CC(C)Cn1c(O)cc(O)c1O. The summed E-state index contributed by atoms with van der Waals surface area (Å²) in [5.74, 6) is -0.373. The second kappa shape index (κ2) is 2.97. The number of hydrogen-bond donors (Lipinski definition) is 3. The van der Waals surface area contributed by atoms with E-state index in [0.717, 1.165) is 6.07 Å². The van der Waals surface area contributed by atoms with Crippen LogP contribution >= 0.6 is 0 Å². The quantitative estimate of drug-likeness (QED) is 0.627. The van der Waals surface area contributed by atoms with Gasteiger partial charge in [-0.3, -0.25) is 4.57 Å². The van der Waals surface area contributed by atoms with Crippen molar-refractivity contribution in [1.82, 2.24) is 4.57 Å². The Morgan fingerprint density at radius 1 is 1.33 bits per heavy atom. The van der Waals surface area contributed by atoms with Crippen LogP contribution in [0.5, 0.6) is 17.5 Å². The molecule has 0 aliphatic carbocycles. The average molecular weight is 171 g/mol. The molecule has 1 aromatic heterocycles. The molecule has 68 valence electrons. The summed E-state index contributed by atoms with van der Waals surface area (Å²) in [6.45, 7) is 4.39. The predicted octanol–water partition coefficient (Wildman–Crippen LogP) is 1.26. The number of nitrogens with zero attached hydrogens (tertiary/aromatic N) is 1. The molecule has 0 saturated heterocycles. The topological polar surface area (TPSA) is 65.6 Å². The van der Waals surface area contributed by atoms with Crippen LogP contribution in [-0.4, -0.2) is 19.9 Å². The molecular formula is C8H13NO3. The van der Waals surface area contributed by atoms with Crippen molar-refractivity contribution in [3.63, 3.8) is 0 Å². The third-order valence-corrected chi connectivity index (χ3v) is 1.57. The van der Waals surface area contributed by atoms with E-state index < -0.39 is 0 Å². The van der Waals surface area contributed by atoms with E-state index in [1.165, 1.54) is 4.57 Å². The molecule has 0 bridgehead atoms. The van der Waals surface area contributed by atoms with Gasteiger partial charge in [-0.2, -0.15) is 0 Å². The highest BCUT2D eigenvalue weighted by molar-refractivity contribution is 5.39. The molecule has 0 aliphatic heterocycles. The van der Waals surface area contributed by atoms with Gasteiger partial charge in [-0.25, -0.2) is 0 Å². The molecule has 0 radical (unpaired) electrons. The van der Waals surface area contributed by atoms with E-state index in [1.807, 2.05) is 13.8 Å². The molecule has 0 aliphatic rings. The molecule has 3 N–H and O–H groups in total. The first-order valence-electron chi connectivity index (χ1n) is 3.82. The average Bonchev–Trinajstić information content (AvgIpc) is 2.16. The third-order valence-electron chi connectivity index (χ3n) is 1.57. The lowest BCUT2D eigenvalue weighted by Gasteiger charge is -2.08. The van der Waals surface area contributed by atoms with Crippen LogP contribution in [0.15, 0.2) is 6.07 Å².